The monoisotopic (exact) mass is 545 g/mol. The number of benzene rings is 2. The van der Waals surface area contributed by atoms with Crippen LogP contribution in [0.5, 0.6) is 34.5 Å². The first-order chi connectivity index (χ1) is 19.4. The maximum Gasteiger partial charge on any atom is 0.256 e. The van der Waals surface area contributed by atoms with Crippen molar-refractivity contribution in [1.82, 2.24) is 4.98 Å². The molecule has 0 bridgehead atoms. The van der Waals surface area contributed by atoms with E-state index in [2.05, 4.69) is 15.6 Å². The molecule has 3 heterocycles. The Labute approximate surface area is 230 Å². The molecule has 0 atom stereocenters. The zero-order chi connectivity index (χ0) is 28.6. The number of methoxy groups -OCH3 is 6. The van der Waals surface area contributed by atoms with Crippen LogP contribution in [-0.4, -0.2) is 59.5 Å². The average molecular weight is 546 g/mol. The molecule has 11 heteroatoms. The number of hydrogen-bond donors (Lipinski definition) is 2. The number of nitrogens with one attached hydrogen (secondary N) is 2. The van der Waals surface area contributed by atoms with Gasteiger partial charge in [0, 0.05) is 12.1 Å². The van der Waals surface area contributed by atoms with Crippen molar-refractivity contribution in [3.05, 3.63) is 52.8 Å². The summed E-state index contributed by atoms with van der Waals surface area (Å²) in [5.41, 5.74) is 3.78. The molecule has 0 saturated heterocycles. The van der Waals surface area contributed by atoms with Crippen LogP contribution in [0.15, 0.2) is 30.3 Å². The highest BCUT2D eigenvalue weighted by Gasteiger charge is 2.34. The Balaban J connectivity index is 1.60. The number of ether oxygens (including phenoxy) is 6. The van der Waals surface area contributed by atoms with Crippen LogP contribution >= 0.6 is 0 Å². The van der Waals surface area contributed by atoms with Crippen LogP contribution in [0.25, 0.3) is 23.3 Å². The maximum atomic E-state index is 13.0. The first-order valence-electron chi connectivity index (χ1n) is 12.1. The van der Waals surface area contributed by atoms with Crippen LogP contribution in [0.2, 0.25) is 0 Å². The molecule has 2 aliphatic rings. The van der Waals surface area contributed by atoms with E-state index in [9.17, 15) is 9.59 Å². The van der Waals surface area contributed by atoms with Gasteiger partial charge in [-0.2, -0.15) is 0 Å². The summed E-state index contributed by atoms with van der Waals surface area (Å²) in [6.45, 7) is 0. The second kappa shape index (κ2) is 10.5. The lowest BCUT2D eigenvalue weighted by molar-refractivity contribution is -0.111. The molecule has 0 aliphatic carbocycles. The Bertz CT molecular complexity index is 1490. The summed E-state index contributed by atoms with van der Waals surface area (Å²) < 4.78 is 33.0. The van der Waals surface area contributed by atoms with Crippen molar-refractivity contribution in [2.75, 3.05) is 53.3 Å². The summed E-state index contributed by atoms with van der Waals surface area (Å²) in [5, 5.41) is 5.68. The van der Waals surface area contributed by atoms with E-state index in [1.54, 1.807) is 42.5 Å². The summed E-state index contributed by atoms with van der Waals surface area (Å²) in [5.74, 6) is 1.63. The molecule has 0 radical (unpaired) electrons. The summed E-state index contributed by atoms with van der Waals surface area (Å²) in [7, 11) is 8.99. The van der Waals surface area contributed by atoms with Crippen molar-refractivity contribution >= 4 is 46.5 Å². The number of aromatic nitrogens is 1. The van der Waals surface area contributed by atoms with Gasteiger partial charge >= 0.3 is 0 Å². The minimum absolute atomic E-state index is 0.330. The molecule has 0 fully saturated rings. The molecule has 2 aliphatic heterocycles. The summed E-state index contributed by atoms with van der Waals surface area (Å²) in [6, 6.07) is 8.65. The van der Waals surface area contributed by atoms with E-state index < -0.39 is 0 Å². The van der Waals surface area contributed by atoms with E-state index >= 15 is 0 Å². The first kappa shape index (κ1) is 26.4. The lowest BCUT2D eigenvalue weighted by Gasteiger charge is -2.15. The van der Waals surface area contributed by atoms with E-state index in [1.165, 1.54) is 42.7 Å². The number of fused-ring (bicyclic) bond motifs is 2. The normalized spacial score (nSPS) is 15.3. The van der Waals surface area contributed by atoms with Gasteiger partial charge in [-0.3, -0.25) is 9.59 Å². The zero-order valence-corrected chi connectivity index (χ0v) is 22.8. The number of nitrogens with zero attached hydrogens (tertiary/aromatic N) is 1. The van der Waals surface area contributed by atoms with Gasteiger partial charge in [0.1, 0.15) is 0 Å². The molecule has 2 aromatic carbocycles. The smallest absolute Gasteiger partial charge is 0.256 e. The molecule has 40 heavy (non-hydrogen) atoms. The third kappa shape index (κ3) is 4.21. The Morgan fingerprint density at radius 1 is 0.600 bits per heavy atom. The average Bonchev–Trinajstić information content (AvgIpc) is 3.45. The zero-order valence-electron chi connectivity index (χ0n) is 22.8. The Morgan fingerprint density at radius 2 is 1.00 bits per heavy atom. The number of rotatable bonds is 8. The highest BCUT2D eigenvalue weighted by atomic mass is 16.5. The van der Waals surface area contributed by atoms with E-state index in [0.717, 1.165) is 0 Å². The summed E-state index contributed by atoms with van der Waals surface area (Å²) in [6.07, 6.45) is 3.30. The van der Waals surface area contributed by atoms with Gasteiger partial charge in [0.15, 0.2) is 23.0 Å². The predicted octanol–water partition coefficient (Wildman–Crippen LogP) is 4.12. The standard InChI is InChI=1S/C29H27N3O8/c1-35-20-12-18-22(26(39-5)24(20)37-3)16(28(33)31-18)10-14-8-7-9-15(30-14)11-17-23-19(32-29(17)34)13-21(36-2)25(38-4)27(23)40-6/h7-13H,1-6H3,(H,31,33)(H,32,34)/b16-10+,17-11+. The number of pyridine rings is 1. The van der Waals surface area contributed by atoms with Crippen LogP contribution in [0.1, 0.15) is 22.5 Å². The van der Waals surface area contributed by atoms with E-state index in [0.29, 0.717) is 79.5 Å². The molecule has 0 spiro atoms. The van der Waals surface area contributed by atoms with Crippen molar-refractivity contribution in [2.45, 2.75) is 0 Å². The van der Waals surface area contributed by atoms with Gasteiger partial charge in [-0.15, -0.1) is 0 Å². The maximum absolute atomic E-state index is 13.0. The molecule has 0 saturated carbocycles. The van der Waals surface area contributed by atoms with E-state index in [1.807, 2.05) is 0 Å². The fraction of sp³-hybridized carbons (Fsp3) is 0.207. The quantitative estimate of drug-likeness (QED) is 0.402. The van der Waals surface area contributed by atoms with Gasteiger partial charge in [0.05, 0.1) is 87.7 Å². The van der Waals surface area contributed by atoms with E-state index in [4.69, 9.17) is 28.4 Å². The Morgan fingerprint density at radius 3 is 1.35 bits per heavy atom. The lowest BCUT2D eigenvalue weighted by Crippen LogP contribution is -2.04. The number of anilines is 2. The molecule has 0 unspecified atom stereocenters. The van der Waals surface area contributed by atoms with Crippen molar-refractivity contribution in [1.29, 1.82) is 0 Å². The van der Waals surface area contributed by atoms with Crippen molar-refractivity contribution in [2.24, 2.45) is 0 Å². The van der Waals surface area contributed by atoms with Crippen LogP contribution in [0, 0.1) is 0 Å². The third-order valence-electron chi connectivity index (χ3n) is 6.56. The molecule has 5 rings (SSSR count). The van der Waals surface area contributed by atoms with Crippen LogP contribution in [0.3, 0.4) is 0 Å². The highest BCUT2D eigenvalue weighted by Crippen LogP contribution is 2.51. The molecule has 3 aromatic rings. The Hall–Kier alpha value is -5.19. The van der Waals surface area contributed by atoms with Crippen LogP contribution in [0.4, 0.5) is 11.4 Å². The second-order valence-corrected chi connectivity index (χ2v) is 8.65. The summed E-state index contributed by atoms with van der Waals surface area (Å²) >= 11 is 0. The molecule has 11 nitrogen and oxygen atoms in total. The van der Waals surface area contributed by atoms with Crippen molar-refractivity contribution in [3.63, 3.8) is 0 Å². The van der Waals surface area contributed by atoms with Crippen LogP contribution in [-0.2, 0) is 9.59 Å². The molecule has 206 valence electrons. The van der Waals surface area contributed by atoms with E-state index in [-0.39, 0.29) is 11.8 Å². The van der Waals surface area contributed by atoms with Gasteiger partial charge in [-0.1, -0.05) is 6.07 Å². The molecular weight excluding hydrogens is 518 g/mol. The first-order valence-corrected chi connectivity index (χ1v) is 12.1. The van der Waals surface area contributed by atoms with Crippen LogP contribution < -0.4 is 39.1 Å². The van der Waals surface area contributed by atoms with Gasteiger partial charge in [0.2, 0.25) is 11.5 Å². The SMILES string of the molecule is COc1cc2c(c(OC)c1OC)/C(=C\c1cccc(/C=C3/C(=O)Nc4cc(OC)c(OC)c(OC)c43)n1)C(=O)N2. The van der Waals surface area contributed by atoms with Crippen molar-refractivity contribution < 1.29 is 38.0 Å². The van der Waals surface area contributed by atoms with Gasteiger partial charge in [-0.25, -0.2) is 4.98 Å². The fourth-order valence-electron chi connectivity index (χ4n) is 4.85. The minimum atomic E-state index is -0.330. The van der Waals surface area contributed by atoms with Gasteiger partial charge in [0.25, 0.3) is 11.8 Å². The number of carbonyl (C=O) groups excluding carboxylic acids is 2. The minimum Gasteiger partial charge on any atom is -0.493 e. The highest BCUT2D eigenvalue weighted by molar-refractivity contribution is 6.36. The third-order valence-corrected chi connectivity index (χ3v) is 6.56. The summed E-state index contributed by atoms with van der Waals surface area (Å²) in [4.78, 5) is 30.6. The van der Waals surface area contributed by atoms with Gasteiger partial charge in [-0.05, 0) is 24.3 Å². The van der Waals surface area contributed by atoms with Gasteiger partial charge < -0.3 is 39.1 Å². The number of carbonyl (C=O) groups is 2. The number of hydrogen-bond acceptors (Lipinski definition) is 9. The fourth-order valence-corrected chi connectivity index (χ4v) is 4.85. The molecular formula is C29H27N3O8. The largest absolute Gasteiger partial charge is 0.493 e. The molecule has 2 N–H and O–H groups in total. The Kier molecular flexibility index (Phi) is 6.95. The molecule has 1 aromatic heterocycles. The lowest BCUT2D eigenvalue weighted by atomic mass is 10.0. The second-order valence-electron chi connectivity index (χ2n) is 8.65. The molecule has 2 amide bonds. The number of amides is 2. The topological polar surface area (TPSA) is 126 Å². The predicted molar refractivity (Wildman–Crippen MR) is 149 cm³/mol. The van der Waals surface area contributed by atoms with Crippen molar-refractivity contribution in [3.8, 4) is 34.5 Å².